The topological polar surface area (TPSA) is 26.3 Å². The molecule has 16 heavy (non-hydrogen) atoms. The van der Waals surface area contributed by atoms with Gasteiger partial charge in [-0.3, -0.25) is 4.79 Å². The van der Waals surface area contributed by atoms with Gasteiger partial charge in [-0.2, -0.15) is 0 Å². The number of carbonyl (C=O) groups is 1. The van der Waals surface area contributed by atoms with E-state index >= 15 is 0 Å². The van der Waals surface area contributed by atoms with Crippen molar-refractivity contribution in [1.29, 1.82) is 0 Å². The van der Waals surface area contributed by atoms with Gasteiger partial charge in [0, 0.05) is 6.42 Å². The number of rotatable bonds is 1. The molecule has 2 bridgehead atoms. The van der Waals surface area contributed by atoms with Gasteiger partial charge < -0.3 is 4.74 Å². The van der Waals surface area contributed by atoms with Crippen LogP contribution in [0.3, 0.4) is 0 Å². The number of hydrogen-bond donors (Lipinski definition) is 0. The Bertz CT molecular complexity index is 443. The zero-order valence-corrected chi connectivity index (χ0v) is 11.0. The van der Waals surface area contributed by atoms with Crippen molar-refractivity contribution < 1.29 is 9.53 Å². The summed E-state index contributed by atoms with van der Waals surface area (Å²) in [5, 5.41) is 0. The molecule has 0 aromatic rings. The molecule has 1 unspecified atom stereocenters. The fraction of sp³-hybridized carbons (Fsp3) is 0.462. The summed E-state index contributed by atoms with van der Waals surface area (Å²) in [4.78, 5) is 11.9. The molecule has 0 aromatic carbocycles. The number of carbonyl (C=O) groups excluding carboxylic acids is 1. The SMILES string of the molecule is C[Si](C)(C)C#CCC12C=CC(=CCC1=O)O2. The van der Waals surface area contributed by atoms with E-state index in [0.717, 1.165) is 5.76 Å². The number of ether oxygens (including phenoxy) is 1. The summed E-state index contributed by atoms with van der Waals surface area (Å²) < 4.78 is 5.63. The third-order valence-electron chi connectivity index (χ3n) is 2.59. The second-order valence-electron chi connectivity index (χ2n) is 5.29. The van der Waals surface area contributed by atoms with Gasteiger partial charge in [-0.1, -0.05) is 19.6 Å². The third-order valence-corrected chi connectivity index (χ3v) is 3.52. The third kappa shape index (κ3) is 2.12. The largest absolute Gasteiger partial charge is 0.475 e. The molecular weight excluding hydrogens is 216 g/mol. The van der Waals surface area contributed by atoms with E-state index < -0.39 is 13.7 Å². The summed E-state index contributed by atoms with van der Waals surface area (Å²) in [6.45, 7) is 6.57. The second-order valence-corrected chi connectivity index (χ2v) is 10.0. The van der Waals surface area contributed by atoms with Crippen molar-refractivity contribution in [1.82, 2.24) is 0 Å². The highest BCUT2D eigenvalue weighted by atomic mass is 28.3. The zero-order valence-electron chi connectivity index (χ0n) is 9.96. The van der Waals surface area contributed by atoms with Gasteiger partial charge in [0.15, 0.2) is 11.4 Å². The Morgan fingerprint density at radius 1 is 1.50 bits per heavy atom. The van der Waals surface area contributed by atoms with E-state index in [1.165, 1.54) is 0 Å². The van der Waals surface area contributed by atoms with E-state index in [-0.39, 0.29) is 5.78 Å². The summed E-state index contributed by atoms with van der Waals surface area (Å²) >= 11 is 0. The molecule has 0 saturated heterocycles. The first kappa shape index (κ1) is 11.2. The van der Waals surface area contributed by atoms with Crippen LogP contribution in [0.25, 0.3) is 0 Å². The van der Waals surface area contributed by atoms with E-state index in [9.17, 15) is 4.79 Å². The minimum absolute atomic E-state index is 0.120. The predicted octanol–water partition coefficient (Wildman–Crippen LogP) is 2.44. The number of Topliss-reactive ketones (excluding diaryl/α,β-unsaturated/α-hetero) is 1. The lowest BCUT2D eigenvalue weighted by Gasteiger charge is -2.26. The van der Waals surface area contributed by atoms with Gasteiger partial charge >= 0.3 is 0 Å². The lowest BCUT2D eigenvalue weighted by Crippen LogP contribution is -2.38. The van der Waals surface area contributed by atoms with Gasteiger partial charge in [0.25, 0.3) is 0 Å². The molecule has 2 aliphatic rings. The molecule has 0 aromatic heterocycles. The summed E-state index contributed by atoms with van der Waals surface area (Å²) in [5.74, 6) is 4.07. The molecule has 0 radical (unpaired) electrons. The maximum Gasteiger partial charge on any atom is 0.196 e. The van der Waals surface area contributed by atoms with Crippen LogP contribution >= 0.6 is 0 Å². The highest BCUT2D eigenvalue weighted by Gasteiger charge is 2.42. The lowest BCUT2D eigenvalue weighted by molar-refractivity contribution is -0.133. The number of hydrogen-bond acceptors (Lipinski definition) is 2. The van der Waals surface area contributed by atoms with Crippen LogP contribution in [0.5, 0.6) is 0 Å². The molecule has 2 nitrogen and oxygen atoms in total. The first-order valence-corrected chi connectivity index (χ1v) is 9.03. The average Bonchev–Trinajstić information content (AvgIpc) is 2.51. The van der Waals surface area contributed by atoms with Crippen LogP contribution in [-0.4, -0.2) is 19.5 Å². The van der Waals surface area contributed by atoms with Gasteiger partial charge in [-0.15, -0.1) is 11.5 Å². The molecule has 0 saturated carbocycles. The minimum atomic E-state index is -1.36. The average molecular weight is 232 g/mol. The van der Waals surface area contributed by atoms with Crippen molar-refractivity contribution in [2.75, 3.05) is 0 Å². The van der Waals surface area contributed by atoms with Crippen molar-refractivity contribution in [3.8, 4) is 11.5 Å². The van der Waals surface area contributed by atoms with E-state index in [1.54, 1.807) is 0 Å². The Kier molecular flexibility index (Phi) is 2.55. The Hall–Kier alpha value is -1.27. The van der Waals surface area contributed by atoms with Gasteiger partial charge in [0.05, 0.1) is 6.42 Å². The molecule has 2 aliphatic heterocycles. The van der Waals surface area contributed by atoms with Crippen LogP contribution < -0.4 is 0 Å². The quantitative estimate of drug-likeness (QED) is 0.513. The van der Waals surface area contributed by atoms with E-state index in [0.29, 0.717) is 12.8 Å². The van der Waals surface area contributed by atoms with Crippen molar-refractivity contribution in [3.05, 3.63) is 24.0 Å². The highest BCUT2D eigenvalue weighted by molar-refractivity contribution is 6.83. The fourth-order valence-electron chi connectivity index (χ4n) is 1.75. The molecule has 0 amide bonds. The maximum absolute atomic E-state index is 11.9. The van der Waals surface area contributed by atoms with Crippen molar-refractivity contribution in [2.24, 2.45) is 0 Å². The monoisotopic (exact) mass is 232 g/mol. The zero-order chi connectivity index (χ0) is 11.8. The van der Waals surface area contributed by atoms with E-state index in [2.05, 4.69) is 31.1 Å². The number of fused-ring (bicyclic) bond motifs is 2. The predicted molar refractivity (Wildman–Crippen MR) is 66.4 cm³/mol. The molecule has 0 aliphatic carbocycles. The summed E-state index contributed by atoms with van der Waals surface area (Å²) in [7, 11) is -1.36. The molecular formula is C13H16O2Si. The van der Waals surface area contributed by atoms with Gasteiger partial charge in [-0.05, 0) is 18.2 Å². The minimum Gasteiger partial charge on any atom is -0.475 e. The molecule has 0 fully saturated rings. The van der Waals surface area contributed by atoms with Gasteiger partial charge in [-0.25, -0.2) is 0 Å². The van der Waals surface area contributed by atoms with Crippen LogP contribution in [0.1, 0.15) is 12.8 Å². The second kappa shape index (κ2) is 3.64. The Morgan fingerprint density at radius 2 is 2.25 bits per heavy atom. The van der Waals surface area contributed by atoms with E-state index in [1.807, 2.05) is 18.2 Å². The smallest absolute Gasteiger partial charge is 0.196 e. The Labute approximate surface area is 97.4 Å². The van der Waals surface area contributed by atoms with Crippen molar-refractivity contribution >= 4 is 13.9 Å². The molecule has 0 spiro atoms. The number of allylic oxidation sites excluding steroid dienone is 2. The first-order valence-electron chi connectivity index (χ1n) is 5.53. The van der Waals surface area contributed by atoms with Crippen LogP contribution in [0, 0.1) is 11.5 Å². The van der Waals surface area contributed by atoms with Crippen molar-refractivity contribution in [3.63, 3.8) is 0 Å². The fourth-order valence-corrected chi connectivity index (χ4v) is 2.37. The molecule has 1 atom stereocenters. The normalized spacial score (nSPS) is 26.9. The maximum atomic E-state index is 11.9. The standard InChI is InChI=1S/C13H16O2Si/c1-16(2,3)10-4-8-13-9-7-11(15-13)5-6-12(13)14/h5,7,9H,6,8H2,1-3H3. The lowest BCUT2D eigenvalue weighted by atomic mass is 9.93. The molecule has 2 rings (SSSR count). The molecule has 3 heteroatoms. The summed E-state index contributed by atoms with van der Waals surface area (Å²) in [6, 6.07) is 0. The molecule has 0 N–H and O–H groups in total. The first-order chi connectivity index (χ1) is 7.41. The van der Waals surface area contributed by atoms with Gasteiger partial charge in [0.1, 0.15) is 13.8 Å². The van der Waals surface area contributed by atoms with Crippen LogP contribution in [-0.2, 0) is 9.53 Å². The molecule has 84 valence electrons. The summed E-state index contributed by atoms with van der Waals surface area (Å²) in [6.07, 6.45) is 6.52. The van der Waals surface area contributed by atoms with E-state index in [4.69, 9.17) is 4.74 Å². The summed E-state index contributed by atoms with van der Waals surface area (Å²) in [5.41, 5.74) is 2.50. The molecule has 2 heterocycles. The van der Waals surface area contributed by atoms with Gasteiger partial charge in [0.2, 0.25) is 0 Å². The van der Waals surface area contributed by atoms with Crippen LogP contribution in [0.4, 0.5) is 0 Å². The Morgan fingerprint density at radius 3 is 2.94 bits per heavy atom. The Balaban J connectivity index is 2.15. The van der Waals surface area contributed by atoms with Crippen LogP contribution in [0.2, 0.25) is 19.6 Å². The van der Waals surface area contributed by atoms with Crippen molar-refractivity contribution in [2.45, 2.75) is 38.1 Å². The number of ketones is 1. The van der Waals surface area contributed by atoms with Crippen LogP contribution in [0.15, 0.2) is 24.0 Å². The highest BCUT2D eigenvalue weighted by Crippen LogP contribution is 2.35.